The number of rotatable bonds is 12. The van der Waals surface area contributed by atoms with Crippen LogP contribution in [0.25, 0.3) is 0 Å². The predicted octanol–water partition coefficient (Wildman–Crippen LogP) is 7.49. The second-order valence-electron chi connectivity index (χ2n) is 12.3. The van der Waals surface area contributed by atoms with Gasteiger partial charge in [-0.1, -0.05) is 72.4 Å². The van der Waals surface area contributed by atoms with E-state index in [4.69, 9.17) is 46.4 Å². The quantitative estimate of drug-likeness (QED) is 0.0804. The Morgan fingerprint density at radius 1 is 0.873 bits per heavy atom. The van der Waals surface area contributed by atoms with Gasteiger partial charge in [-0.15, -0.1) is 12.4 Å². The summed E-state index contributed by atoms with van der Waals surface area (Å²) in [7, 11) is -6.71. The van der Waals surface area contributed by atoms with Crippen LogP contribution in [0.2, 0.25) is 20.1 Å². The zero-order chi connectivity index (χ0) is 40.0. The molecule has 2 aliphatic heterocycles. The number of likely N-dealkylation sites (tertiary alicyclic amines) is 2. The lowest BCUT2D eigenvalue weighted by Gasteiger charge is -2.31. The highest BCUT2D eigenvalue weighted by atomic mass is 35.5. The minimum absolute atomic E-state index is 0. The number of phenols is 1. The fourth-order valence-electron chi connectivity index (χ4n) is 6.35. The molecule has 2 fully saturated rings. The van der Waals surface area contributed by atoms with Crippen molar-refractivity contribution in [2.45, 2.75) is 61.5 Å². The Kier molecular flexibility index (Phi) is 17.1. The molecule has 0 saturated carbocycles. The van der Waals surface area contributed by atoms with Gasteiger partial charge in [0.15, 0.2) is 5.75 Å². The lowest BCUT2D eigenvalue weighted by molar-refractivity contribution is -0.384. The van der Waals surface area contributed by atoms with Crippen LogP contribution in [-0.2, 0) is 20.0 Å². The lowest BCUT2D eigenvalue weighted by Crippen LogP contribution is -2.45. The number of urea groups is 1. The summed E-state index contributed by atoms with van der Waals surface area (Å²) < 4.78 is 55.3. The summed E-state index contributed by atoms with van der Waals surface area (Å²) in [5, 5.41) is 26.2. The minimum Gasteiger partial charge on any atom is -0.504 e. The molecule has 55 heavy (non-hydrogen) atoms. The number of anilines is 2. The lowest BCUT2D eigenvalue weighted by atomic mass is 10.2. The predicted molar refractivity (Wildman–Crippen MR) is 218 cm³/mol. The average Bonchev–Trinajstić information content (AvgIpc) is 3.79. The third-order valence-electron chi connectivity index (χ3n) is 9.15. The number of nitrogens with zero attached hydrogens (tertiary/aromatic N) is 4. The van der Waals surface area contributed by atoms with E-state index in [1.807, 2.05) is 18.7 Å². The first-order valence-electron chi connectivity index (χ1n) is 16.9. The molecule has 2 unspecified atom stereocenters. The Bertz CT molecular complexity index is 2080. The molecule has 0 aliphatic carbocycles. The van der Waals surface area contributed by atoms with E-state index >= 15 is 0 Å². The Morgan fingerprint density at radius 3 is 2.09 bits per heavy atom. The van der Waals surface area contributed by atoms with Gasteiger partial charge in [0.25, 0.3) is 5.69 Å². The molecular formula is C33H42Cl5N7O8S2. The van der Waals surface area contributed by atoms with Crippen molar-refractivity contribution in [3.05, 3.63) is 78.7 Å². The third-order valence-corrected chi connectivity index (χ3v) is 14.3. The van der Waals surface area contributed by atoms with Gasteiger partial charge in [0.2, 0.25) is 20.0 Å². The molecule has 2 amide bonds. The van der Waals surface area contributed by atoms with Gasteiger partial charge in [0, 0.05) is 25.7 Å². The average molecular weight is 906 g/mol. The van der Waals surface area contributed by atoms with Gasteiger partial charge in [0.05, 0.1) is 37.5 Å². The maximum atomic E-state index is 13.3. The number of hydrogen-bond donors (Lipinski definition) is 4. The zero-order valence-electron chi connectivity index (χ0n) is 30.0. The van der Waals surface area contributed by atoms with Crippen molar-refractivity contribution in [3.63, 3.8) is 0 Å². The van der Waals surface area contributed by atoms with Crippen LogP contribution in [0, 0.1) is 10.1 Å². The number of aromatic hydroxyl groups is 1. The van der Waals surface area contributed by atoms with Crippen LogP contribution in [0.1, 0.15) is 39.5 Å². The fraction of sp³-hybridized carbons (Fsp3) is 0.424. The highest BCUT2D eigenvalue weighted by molar-refractivity contribution is 7.90. The maximum Gasteiger partial charge on any atom is 0.323 e. The van der Waals surface area contributed by atoms with Gasteiger partial charge in [-0.05, 0) is 82.2 Å². The number of benzene rings is 3. The van der Waals surface area contributed by atoms with E-state index in [2.05, 4.69) is 20.3 Å². The maximum absolute atomic E-state index is 13.3. The number of likely N-dealkylation sites (N-methyl/N-ethyl adjacent to an activating group) is 1. The first-order valence-corrected chi connectivity index (χ1v) is 21.3. The van der Waals surface area contributed by atoms with Crippen LogP contribution in [0.5, 0.6) is 5.75 Å². The van der Waals surface area contributed by atoms with Crippen molar-refractivity contribution in [1.29, 1.82) is 0 Å². The number of halogens is 5. The number of nitro benzene ring substituents is 1. The van der Waals surface area contributed by atoms with Crippen LogP contribution in [0.15, 0.2) is 58.3 Å². The van der Waals surface area contributed by atoms with Crippen molar-refractivity contribution < 1.29 is 31.7 Å². The van der Waals surface area contributed by atoms with Gasteiger partial charge >= 0.3 is 6.03 Å². The summed E-state index contributed by atoms with van der Waals surface area (Å²) >= 11 is 24.0. The normalized spacial score (nSPS) is 17.7. The third kappa shape index (κ3) is 11.0. The standard InChI is InChI=1S/C20H24Cl2N4O4S.C13H17Cl2N3O4S.ClH/c1-3-26-12-6-9-17(26)25(2)31(29,30)19-14(22)10-11-16(18(19)27)24-20(28)23-15-8-5-4-7-13(15)21;1-2-17-7-3-4-9(17)8-16-23(21,22)13-10(14)5-6-11(12(13)15)18(19)20;/h4-5,7-8,10-11,17,27H,3,6,9,12H2,1-2H3,(H2,23,24,28);5-6,9,16H,2-4,7-8H2,1H3;1H. The molecule has 2 saturated heterocycles. The van der Waals surface area contributed by atoms with Crippen molar-refractivity contribution in [3.8, 4) is 5.75 Å². The number of nitrogens with one attached hydrogen (secondary N) is 3. The minimum atomic E-state index is -4.13. The van der Waals surface area contributed by atoms with E-state index in [0.717, 1.165) is 51.0 Å². The second-order valence-corrected chi connectivity index (χ2v) is 17.6. The molecule has 22 heteroatoms. The molecule has 0 spiro atoms. The van der Waals surface area contributed by atoms with E-state index in [1.54, 1.807) is 24.3 Å². The highest BCUT2D eigenvalue weighted by Crippen LogP contribution is 2.40. The van der Waals surface area contributed by atoms with Crippen LogP contribution < -0.4 is 15.4 Å². The van der Waals surface area contributed by atoms with Crippen molar-refractivity contribution in [2.24, 2.45) is 0 Å². The van der Waals surface area contributed by atoms with Crippen molar-refractivity contribution >= 4 is 102 Å². The Labute approximate surface area is 346 Å². The molecule has 2 heterocycles. The molecule has 304 valence electrons. The molecule has 2 atom stereocenters. The molecule has 3 aromatic rings. The van der Waals surface area contributed by atoms with Crippen LogP contribution in [0.4, 0.5) is 21.9 Å². The number of para-hydroxylation sites is 1. The van der Waals surface area contributed by atoms with Crippen LogP contribution >= 0.6 is 58.8 Å². The largest absolute Gasteiger partial charge is 0.504 e. The van der Waals surface area contributed by atoms with E-state index in [0.29, 0.717) is 23.7 Å². The Balaban J connectivity index is 0.000000303. The van der Waals surface area contributed by atoms with Gasteiger partial charge in [0.1, 0.15) is 14.8 Å². The highest BCUT2D eigenvalue weighted by Gasteiger charge is 2.37. The summed E-state index contributed by atoms with van der Waals surface area (Å²) in [4.78, 5) is 25.9. The molecule has 15 nitrogen and oxygen atoms in total. The molecule has 0 radical (unpaired) electrons. The number of carbonyl (C=O) groups is 1. The summed E-state index contributed by atoms with van der Waals surface area (Å²) in [5.41, 5.74) is -0.226. The molecule has 0 bridgehead atoms. The Morgan fingerprint density at radius 2 is 1.45 bits per heavy atom. The van der Waals surface area contributed by atoms with Gasteiger partial charge in [-0.25, -0.2) is 26.4 Å². The van der Waals surface area contributed by atoms with E-state index in [-0.39, 0.29) is 46.9 Å². The molecule has 4 N–H and O–H groups in total. The summed E-state index contributed by atoms with van der Waals surface area (Å²) in [6.45, 7) is 7.46. The fourth-order valence-corrected chi connectivity index (χ4v) is 10.8. The summed E-state index contributed by atoms with van der Waals surface area (Å²) in [6.07, 6.45) is 3.14. The molecular weight excluding hydrogens is 864 g/mol. The van der Waals surface area contributed by atoms with E-state index in [1.165, 1.54) is 23.5 Å². The van der Waals surface area contributed by atoms with Crippen molar-refractivity contribution in [1.82, 2.24) is 18.8 Å². The topological polar surface area (TPSA) is 195 Å². The number of amides is 2. The number of nitro groups is 1. The zero-order valence-corrected chi connectivity index (χ0v) is 35.4. The van der Waals surface area contributed by atoms with Gasteiger partial charge in [-0.3, -0.25) is 19.9 Å². The first-order chi connectivity index (χ1) is 25.4. The van der Waals surface area contributed by atoms with Gasteiger partial charge < -0.3 is 15.7 Å². The summed E-state index contributed by atoms with van der Waals surface area (Å²) in [5.74, 6) is -0.630. The SMILES string of the molecule is CCN1CCCC1CNS(=O)(=O)c1c(Cl)ccc([N+](=O)[O-])c1Cl.CCN1CCCC1N(C)S(=O)(=O)c1c(Cl)ccc(NC(=O)Nc2ccccc2Cl)c1O.Cl. The first kappa shape index (κ1) is 46.7. The second kappa shape index (κ2) is 20.1. The molecule has 5 rings (SSSR count). The van der Waals surface area contributed by atoms with E-state index < -0.39 is 57.3 Å². The van der Waals surface area contributed by atoms with Crippen LogP contribution in [0.3, 0.4) is 0 Å². The summed E-state index contributed by atoms with van der Waals surface area (Å²) in [6, 6.07) is 10.9. The number of hydrogen-bond acceptors (Lipinski definition) is 10. The van der Waals surface area contributed by atoms with Crippen LogP contribution in [-0.4, -0.2) is 99.0 Å². The smallest absolute Gasteiger partial charge is 0.323 e. The van der Waals surface area contributed by atoms with E-state index in [9.17, 15) is 36.9 Å². The molecule has 0 aromatic heterocycles. The number of carbonyl (C=O) groups excluding carboxylic acids is 1. The molecule has 2 aliphatic rings. The number of phenolic OH excluding ortho intramolecular Hbond substituents is 1. The van der Waals surface area contributed by atoms with Gasteiger partial charge in [-0.2, -0.15) is 4.31 Å². The number of sulfonamides is 2. The monoisotopic (exact) mass is 903 g/mol. The molecule has 3 aromatic carbocycles. The van der Waals surface area contributed by atoms with Crippen molar-refractivity contribution in [2.75, 3.05) is 50.4 Å². The Hall–Kier alpha value is -2.68.